The van der Waals surface area contributed by atoms with Gasteiger partial charge in [0, 0.05) is 23.1 Å². The molecule has 0 N–H and O–H groups in total. The minimum absolute atomic E-state index is 0.0306. The maximum atomic E-state index is 13.0. The minimum atomic E-state index is -0.408. The Hall–Kier alpha value is -2.59. The molecule has 5 heteroatoms. The van der Waals surface area contributed by atoms with Gasteiger partial charge in [-0.2, -0.15) is 0 Å². The monoisotopic (exact) mass is 397 g/mol. The third-order valence-corrected chi connectivity index (χ3v) is 5.37. The van der Waals surface area contributed by atoms with E-state index in [1.165, 1.54) is 0 Å². The van der Waals surface area contributed by atoms with Gasteiger partial charge in [-0.15, -0.1) is 0 Å². The van der Waals surface area contributed by atoms with E-state index in [9.17, 15) is 9.59 Å². The highest BCUT2D eigenvalue weighted by Gasteiger charge is 2.37. The van der Waals surface area contributed by atoms with Gasteiger partial charge in [0.2, 0.25) is 5.91 Å². The van der Waals surface area contributed by atoms with Crippen LogP contribution in [-0.4, -0.2) is 23.4 Å². The topological polar surface area (TPSA) is 46.6 Å². The predicted molar refractivity (Wildman–Crippen MR) is 110 cm³/mol. The van der Waals surface area contributed by atoms with E-state index < -0.39 is 11.9 Å². The fourth-order valence-corrected chi connectivity index (χ4v) is 3.96. The van der Waals surface area contributed by atoms with Crippen molar-refractivity contribution in [1.29, 1.82) is 0 Å². The van der Waals surface area contributed by atoms with Crippen LogP contribution in [0.1, 0.15) is 42.9 Å². The van der Waals surface area contributed by atoms with E-state index >= 15 is 0 Å². The Morgan fingerprint density at radius 3 is 2.61 bits per heavy atom. The summed E-state index contributed by atoms with van der Waals surface area (Å²) in [4.78, 5) is 27.5. The zero-order chi connectivity index (χ0) is 20.3. The van der Waals surface area contributed by atoms with Gasteiger partial charge in [0.15, 0.2) is 0 Å². The average Bonchev–Trinajstić information content (AvgIpc) is 2.65. The van der Waals surface area contributed by atoms with E-state index in [2.05, 4.69) is 0 Å². The second kappa shape index (κ2) is 8.61. The molecule has 1 aliphatic rings. The molecule has 2 aromatic rings. The molecule has 0 fully saturated rings. The van der Waals surface area contributed by atoms with Crippen molar-refractivity contribution in [1.82, 2.24) is 4.90 Å². The van der Waals surface area contributed by atoms with Gasteiger partial charge in [0.1, 0.15) is 0 Å². The Labute approximate surface area is 170 Å². The molecule has 1 amide bonds. The van der Waals surface area contributed by atoms with Gasteiger partial charge in [-0.25, -0.2) is 4.79 Å². The lowest BCUT2D eigenvalue weighted by atomic mass is 9.83. The molecule has 0 unspecified atom stereocenters. The first-order chi connectivity index (χ1) is 13.4. The summed E-state index contributed by atoms with van der Waals surface area (Å²) >= 11 is 6.38. The van der Waals surface area contributed by atoms with Crippen molar-refractivity contribution in [3.63, 3.8) is 0 Å². The van der Waals surface area contributed by atoms with Crippen molar-refractivity contribution < 1.29 is 14.3 Å². The maximum Gasteiger partial charge on any atom is 0.336 e. The number of carbonyl (C=O) groups is 2. The standard InChI is InChI=1S/C23H24ClNO3/c1-4-28-23(27)22-16(3)25(14-17-9-7-8-15(2)12-17)21(26)13-19(22)18-10-5-6-11-20(18)24/h5-12,19H,4,13-14H2,1-3H3/t19-/m1/s1. The molecule has 0 radical (unpaired) electrons. The number of aryl methyl sites for hydroxylation is 1. The number of allylic oxidation sites excluding steroid dienone is 1. The van der Waals surface area contributed by atoms with Crippen LogP contribution in [-0.2, 0) is 20.9 Å². The molecular formula is C23H24ClNO3. The molecule has 0 bridgehead atoms. The quantitative estimate of drug-likeness (QED) is 0.667. The van der Waals surface area contributed by atoms with E-state index in [0.29, 0.717) is 22.8 Å². The van der Waals surface area contributed by atoms with Gasteiger partial charge in [-0.1, -0.05) is 59.6 Å². The number of hydrogen-bond acceptors (Lipinski definition) is 3. The predicted octanol–water partition coefficient (Wildman–Crippen LogP) is 5.00. The lowest BCUT2D eigenvalue weighted by molar-refractivity contribution is -0.140. The van der Waals surface area contributed by atoms with Gasteiger partial charge < -0.3 is 9.64 Å². The van der Waals surface area contributed by atoms with Crippen LogP contribution in [0.2, 0.25) is 5.02 Å². The smallest absolute Gasteiger partial charge is 0.336 e. The summed E-state index contributed by atoms with van der Waals surface area (Å²) in [5.41, 5.74) is 4.05. The van der Waals surface area contributed by atoms with E-state index in [-0.39, 0.29) is 18.9 Å². The minimum Gasteiger partial charge on any atom is -0.463 e. The van der Waals surface area contributed by atoms with Crippen LogP contribution < -0.4 is 0 Å². The Kier molecular flexibility index (Phi) is 6.20. The lowest BCUT2D eigenvalue weighted by Gasteiger charge is -2.34. The van der Waals surface area contributed by atoms with Crippen LogP contribution in [0, 0.1) is 6.92 Å². The normalized spacial score (nSPS) is 17.1. The van der Waals surface area contributed by atoms with Crippen molar-refractivity contribution in [2.45, 2.75) is 39.7 Å². The molecule has 0 aromatic heterocycles. The number of esters is 1. The number of amides is 1. The molecule has 4 nitrogen and oxygen atoms in total. The summed E-state index contributed by atoms with van der Waals surface area (Å²) in [6.07, 6.45) is 0.182. The van der Waals surface area contributed by atoms with Gasteiger partial charge in [-0.05, 0) is 38.0 Å². The molecule has 3 rings (SSSR count). The summed E-state index contributed by atoms with van der Waals surface area (Å²) in [6, 6.07) is 15.4. The lowest BCUT2D eigenvalue weighted by Crippen LogP contribution is -2.38. The van der Waals surface area contributed by atoms with Gasteiger partial charge in [0.25, 0.3) is 0 Å². The first-order valence-corrected chi connectivity index (χ1v) is 9.78. The molecular weight excluding hydrogens is 374 g/mol. The number of rotatable bonds is 5. The van der Waals surface area contributed by atoms with Crippen LogP contribution in [0.25, 0.3) is 0 Å². The zero-order valence-electron chi connectivity index (χ0n) is 16.4. The first kappa shape index (κ1) is 20.2. The average molecular weight is 398 g/mol. The first-order valence-electron chi connectivity index (χ1n) is 9.40. The molecule has 28 heavy (non-hydrogen) atoms. The molecule has 0 aliphatic carbocycles. The molecule has 0 spiro atoms. The molecule has 2 aromatic carbocycles. The van der Waals surface area contributed by atoms with E-state index in [1.807, 2.05) is 56.3 Å². The Bertz CT molecular complexity index is 935. The number of hydrogen-bond donors (Lipinski definition) is 0. The van der Waals surface area contributed by atoms with Crippen molar-refractivity contribution in [2.75, 3.05) is 6.61 Å². The summed E-state index contributed by atoms with van der Waals surface area (Å²) in [5.74, 6) is -0.836. The number of benzene rings is 2. The van der Waals surface area contributed by atoms with Crippen LogP contribution in [0.4, 0.5) is 0 Å². The molecule has 1 atom stereocenters. The maximum absolute atomic E-state index is 13.0. The van der Waals surface area contributed by atoms with Gasteiger partial charge >= 0.3 is 5.97 Å². The Morgan fingerprint density at radius 2 is 1.93 bits per heavy atom. The van der Waals surface area contributed by atoms with Crippen molar-refractivity contribution in [3.8, 4) is 0 Å². The van der Waals surface area contributed by atoms with Crippen molar-refractivity contribution in [3.05, 3.63) is 81.5 Å². The largest absolute Gasteiger partial charge is 0.463 e. The number of nitrogens with zero attached hydrogens (tertiary/aromatic N) is 1. The number of carbonyl (C=O) groups excluding carboxylic acids is 2. The highest BCUT2D eigenvalue weighted by molar-refractivity contribution is 6.31. The van der Waals surface area contributed by atoms with Gasteiger partial charge in [-0.3, -0.25) is 4.79 Å². The van der Waals surface area contributed by atoms with Crippen molar-refractivity contribution in [2.24, 2.45) is 0 Å². The third-order valence-electron chi connectivity index (χ3n) is 5.02. The summed E-state index contributed by atoms with van der Waals surface area (Å²) in [5, 5.41) is 0.544. The van der Waals surface area contributed by atoms with Crippen LogP contribution in [0.3, 0.4) is 0 Å². The highest BCUT2D eigenvalue weighted by Crippen LogP contribution is 2.40. The summed E-state index contributed by atoms with van der Waals surface area (Å²) in [6.45, 7) is 6.29. The van der Waals surface area contributed by atoms with E-state index in [1.54, 1.807) is 17.9 Å². The molecule has 146 valence electrons. The molecule has 0 saturated heterocycles. The Morgan fingerprint density at radius 1 is 1.18 bits per heavy atom. The SMILES string of the molecule is CCOC(=O)C1=C(C)N(Cc2cccc(C)c2)C(=O)C[C@@H]1c1ccccc1Cl. The van der Waals surface area contributed by atoms with E-state index in [0.717, 1.165) is 16.7 Å². The van der Waals surface area contributed by atoms with Crippen LogP contribution >= 0.6 is 11.6 Å². The van der Waals surface area contributed by atoms with Crippen LogP contribution in [0.5, 0.6) is 0 Å². The highest BCUT2D eigenvalue weighted by atomic mass is 35.5. The summed E-state index contributed by atoms with van der Waals surface area (Å²) in [7, 11) is 0. The second-order valence-corrected chi connectivity index (χ2v) is 7.37. The third kappa shape index (κ3) is 4.12. The Balaban J connectivity index is 2.05. The fraction of sp³-hybridized carbons (Fsp3) is 0.304. The van der Waals surface area contributed by atoms with Crippen molar-refractivity contribution >= 4 is 23.5 Å². The van der Waals surface area contributed by atoms with Crippen LogP contribution in [0.15, 0.2) is 59.8 Å². The molecule has 1 heterocycles. The van der Waals surface area contributed by atoms with Gasteiger partial charge in [0.05, 0.1) is 18.7 Å². The summed E-state index contributed by atoms with van der Waals surface area (Å²) < 4.78 is 5.32. The number of halogens is 1. The number of ether oxygens (including phenoxy) is 1. The zero-order valence-corrected chi connectivity index (χ0v) is 17.1. The molecule has 1 aliphatic heterocycles. The fourth-order valence-electron chi connectivity index (χ4n) is 3.69. The van der Waals surface area contributed by atoms with E-state index in [4.69, 9.17) is 16.3 Å². The molecule has 0 saturated carbocycles. The second-order valence-electron chi connectivity index (χ2n) is 6.97.